The van der Waals surface area contributed by atoms with Crippen LogP contribution in [0.4, 0.5) is 0 Å². The molecule has 0 saturated carbocycles. The van der Waals surface area contributed by atoms with E-state index < -0.39 is 5.92 Å². The molecule has 0 saturated heterocycles. The lowest BCUT2D eigenvalue weighted by atomic mass is 9.81. The first-order valence-electron chi connectivity index (χ1n) is 9.43. The molecule has 0 aliphatic carbocycles. The molecule has 30 heavy (non-hydrogen) atoms. The van der Waals surface area contributed by atoms with Crippen LogP contribution in [0.1, 0.15) is 25.3 Å². The monoisotopic (exact) mass is 455 g/mol. The molecule has 1 aliphatic heterocycles. The second-order valence-electron chi connectivity index (χ2n) is 7.08. The summed E-state index contributed by atoms with van der Waals surface area (Å²) in [6.07, 6.45) is 1.93. The zero-order valence-electron chi connectivity index (χ0n) is 16.5. The summed E-state index contributed by atoms with van der Waals surface area (Å²) < 4.78 is 2.78. The number of rotatable bonds is 3. The lowest BCUT2D eigenvalue weighted by Gasteiger charge is -2.25. The van der Waals surface area contributed by atoms with Crippen LogP contribution in [0.3, 0.4) is 0 Å². The van der Waals surface area contributed by atoms with Crippen molar-refractivity contribution < 1.29 is 0 Å². The van der Waals surface area contributed by atoms with E-state index in [0.29, 0.717) is 11.1 Å². The van der Waals surface area contributed by atoms with Gasteiger partial charge in [-0.15, -0.1) is 0 Å². The Morgan fingerprint density at radius 3 is 2.10 bits per heavy atom. The number of aromatic nitrogens is 2. The van der Waals surface area contributed by atoms with E-state index in [0.717, 1.165) is 38.4 Å². The van der Waals surface area contributed by atoms with Gasteiger partial charge in [-0.25, -0.2) is 4.68 Å². The highest BCUT2D eigenvalue weighted by molar-refractivity contribution is 9.10. The summed E-state index contributed by atoms with van der Waals surface area (Å²) in [7, 11) is 0. The number of halogens is 1. The standard InChI is InChI=1S/C24H18BrN5/c1-15-20(12-26)23(21(13-27)16(2)28-15)22-14-30(19-6-4-3-5-7-19)29-24(22)17-8-10-18(25)11-9-17/h3-11,14,23,28H,1-2H3. The van der Waals surface area contributed by atoms with E-state index in [4.69, 9.17) is 5.10 Å². The Labute approximate surface area is 183 Å². The zero-order valence-corrected chi connectivity index (χ0v) is 18.1. The molecule has 2 heterocycles. The normalized spacial score (nSPS) is 14.3. The van der Waals surface area contributed by atoms with E-state index in [-0.39, 0.29) is 0 Å². The van der Waals surface area contributed by atoms with Gasteiger partial charge in [0.2, 0.25) is 0 Å². The summed E-state index contributed by atoms with van der Waals surface area (Å²) in [5.41, 5.74) is 5.99. The average molecular weight is 456 g/mol. The topological polar surface area (TPSA) is 77.4 Å². The molecule has 146 valence electrons. The van der Waals surface area contributed by atoms with Crippen LogP contribution in [0.15, 0.2) is 87.8 Å². The number of nitrogens with zero attached hydrogens (tertiary/aromatic N) is 4. The summed E-state index contributed by atoms with van der Waals surface area (Å²) in [5, 5.41) is 27.8. The van der Waals surface area contributed by atoms with Crippen LogP contribution in [0.25, 0.3) is 16.9 Å². The highest BCUT2D eigenvalue weighted by atomic mass is 79.9. The summed E-state index contributed by atoms with van der Waals surface area (Å²) >= 11 is 3.48. The first-order valence-corrected chi connectivity index (χ1v) is 10.2. The van der Waals surface area contributed by atoms with Crippen molar-refractivity contribution in [1.82, 2.24) is 15.1 Å². The first kappa shape index (κ1) is 19.7. The Morgan fingerprint density at radius 1 is 0.933 bits per heavy atom. The number of nitrogens with one attached hydrogen (secondary N) is 1. The van der Waals surface area contributed by atoms with Crippen molar-refractivity contribution in [3.63, 3.8) is 0 Å². The van der Waals surface area contributed by atoms with Gasteiger partial charge in [-0.1, -0.05) is 46.3 Å². The Balaban J connectivity index is 1.99. The van der Waals surface area contributed by atoms with Crippen molar-refractivity contribution in [2.75, 3.05) is 0 Å². The van der Waals surface area contributed by atoms with Gasteiger partial charge in [-0.05, 0) is 38.1 Å². The largest absolute Gasteiger partial charge is 0.361 e. The highest BCUT2D eigenvalue weighted by Gasteiger charge is 2.33. The number of benzene rings is 2. The van der Waals surface area contributed by atoms with Crippen LogP contribution < -0.4 is 5.32 Å². The molecule has 0 atom stereocenters. The van der Waals surface area contributed by atoms with Crippen LogP contribution in [0, 0.1) is 22.7 Å². The highest BCUT2D eigenvalue weighted by Crippen LogP contribution is 2.41. The van der Waals surface area contributed by atoms with Gasteiger partial charge in [0.1, 0.15) is 0 Å². The van der Waals surface area contributed by atoms with E-state index >= 15 is 0 Å². The minimum atomic E-state index is -0.475. The SMILES string of the molecule is CC1=C(C#N)C(c2cn(-c3ccccc3)nc2-c2ccc(Br)cc2)C(C#N)=C(C)N1. The molecule has 1 aromatic heterocycles. The third-order valence-electron chi connectivity index (χ3n) is 5.19. The van der Waals surface area contributed by atoms with Crippen molar-refractivity contribution in [2.24, 2.45) is 0 Å². The Hall–Kier alpha value is -3.61. The van der Waals surface area contributed by atoms with Crippen molar-refractivity contribution in [3.05, 3.63) is 93.4 Å². The van der Waals surface area contributed by atoms with Crippen molar-refractivity contribution in [2.45, 2.75) is 19.8 Å². The second kappa shape index (κ2) is 8.02. The number of para-hydroxylation sites is 1. The maximum atomic E-state index is 9.90. The molecule has 1 N–H and O–H groups in total. The molecular weight excluding hydrogens is 438 g/mol. The molecule has 5 nitrogen and oxygen atoms in total. The lowest BCUT2D eigenvalue weighted by Crippen LogP contribution is -2.23. The van der Waals surface area contributed by atoms with Crippen molar-refractivity contribution >= 4 is 15.9 Å². The third kappa shape index (κ3) is 3.43. The van der Waals surface area contributed by atoms with Gasteiger partial charge in [-0.3, -0.25) is 0 Å². The summed E-state index contributed by atoms with van der Waals surface area (Å²) in [6.45, 7) is 3.73. The van der Waals surface area contributed by atoms with Gasteiger partial charge in [0.25, 0.3) is 0 Å². The van der Waals surface area contributed by atoms with E-state index in [2.05, 4.69) is 33.4 Å². The van der Waals surface area contributed by atoms with Crippen LogP contribution in [0.2, 0.25) is 0 Å². The molecule has 1 aliphatic rings. The van der Waals surface area contributed by atoms with Gasteiger partial charge in [0.05, 0.1) is 40.6 Å². The fourth-order valence-electron chi connectivity index (χ4n) is 3.74. The number of hydrogen-bond acceptors (Lipinski definition) is 4. The zero-order chi connectivity index (χ0) is 21.3. The predicted octanol–water partition coefficient (Wildman–Crippen LogP) is 5.58. The molecule has 0 bridgehead atoms. The molecule has 6 heteroatoms. The Morgan fingerprint density at radius 2 is 1.53 bits per heavy atom. The minimum Gasteiger partial charge on any atom is -0.361 e. The van der Waals surface area contributed by atoms with Gasteiger partial charge >= 0.3 is 0 Å². The maximum Gasteiger partial charge on any atom is 0.0975 e. The third-order valence-corrected chi connectivity index (χ3v) is 5.72. The summed E-state index contributed by atoms with van der Waals surface area (Å²) in [6, 6.07) is 22.3. The van der Waals surface area contributed by atoms with E-state index in [1.54, 1.807) is 0 Å². The Kier molecular flexibility index (Phi) is 5.27. The van der Waals surface area contributed by atoms with Crippen molar-refractivity contribution in [3.8, 4) is 29.1 Å². The molecule has 0 unspecified atom stereocenters. The Bertz CT molecular complexity index is 1220. The van der Waals surface area contributed by atoms with Crippen molar-refractivity contribution in [1.29, 1.82) is 10.5 Å². The average Bonchev–Trinajstić information content (AvgIpc) is 3.19. The van der Waals surface area contributed by atoms with Crippen LogP contribution in [-0.2, 0) is 0 Å². The number of allylic oxidation sites excluding steroid dienone is 4. The first-order chi connectivity index (χ1) is 14.5. The molecule has 4 rings (SSSR count). The molecular formula is C24H18BrN5. The molecule has 2 aromatic carbocycles. The quantitative estimate of drug-likeness (QED) is 0.558. The molecule has 0 radical (unpaired) electrons. The summed E-state index contributed by atoms with van der Waals surface area (Å²) in [5.74, 6) is -0.475. The minimum absolute atomic E-state index is 0.475. The molecule has 3 aromatic rings. The van der Waals surface area contributed by atoms with Gasteiger partial charge in [-0.2, -0.15) is 15.6 Å². The fraction of sp³-hybridized carbons (Fsp3) is 0.125. The van der Waals surface area contributed by atoms with Gasteiger partial charge < -0.3 is 5.32 Å². The lowest BCUT2D eigenvalue weighted by molar-refractivity contribution is 0.813. The number of nitriles is 2. The predicted molar refractivity (Wildman–Crippen MR) is 119 cm³/mol. The molecule has 0 amide bonds. The van der Waals surface area contributed by atoms with Crippen LogP contribution in [-0.4, -0.2) is 9.78 Å². The van der Waals surface area contributed by atoms with Gasteiger partial charge in [0, 0.05) is 33.2 Å². The van der Waals surface area contributed by atoms with Crippen LogP contribution in [0.5, 0.6) is 0 Å². The fourth-order valence-corrected chi connectivity index (χ4v) is 4.01. The number of hydrogen-bond donors (Lipinski definition) is 1. The smallest absolute Gasteiger partial charge is 0.0975 e. The van der Waals surface area contributed by atoms with Gasteiger partial charge in [0.15, 0.2) is 0 Å². The number of dihydropyridines is 1. The molecule has 0 spiro atoms. The maximum absolute atomic E-state index is 9.90. The van der Waals surface area contributed by atoms with E-state index in [1.807, 2.05) is 79.3 Å². The van der Waals surface area contributed by atoms with E-state index in [1.165, 1.54) is 0 Å². The van der Waals surface area contributed by atoms with Crippen LogP contribution >= 0.6 is 15.9 Å². The summed E-state index contributed by atoms with van der Waals surface area (Å²) in [4.78, 5) is 0. The molecule has 0 fully saturated rings. The second-order valence-corrected chi connectivity index (χ2v) is 7.99. The van der Waals surface area contributed by atoms with E-state index in [9.17, 15) is 10.5 Å².